The summed E-state index contributed by atoms with van der Waals surface area (Å²) in [5, 5.41) is 0. The molecule has 0 unspecified atom stereocenters. The van der Waals surface area contributed by atoms with Gasteiger partial charge in [-0.2, -0.15) is 0 Å². The minimum absolute atomic E-state index is 0.626. The van der Waals surface area contributed by atoms with Crippen molar-refractivity contribution in [3.63, 3.8) is 0 Å². The average Bonchev–Trinajstić information content (AvgIpc) is 2.02. The van der Waals surface area contributed by atoms with Gasteiger partial charge >= 0.3 is 97.8 Å². The third kappa shape index (κ3) is 2.46. The van der Waals surface area contributed by atoms with Gasteiger partial charge in [0.25, 0.3) is 0 Å². The van der Waals surface area contributed by atoms with E-state index in [9.17, 15) is 0 Å². The summed E-state index contributed by atoms with van der Waals surface area (Å²) in [7, 11) is 2.19. The van der Waals surface area contributed by atoms with E-state index >= 15 is 0 Å². The number of aryl methyl sites for hydroxylation is 1. The number of hydrogen-bond acceptors (Lipinski definition) is 1. The minimum atomic E-state index is 0.626. The van der Waals surface area contributed by atoms with Crippen LogP contribution in [0, 0.1) is 6.92 Å². The average molecular weight is 363 g/mol. The quantitative estimate of drug-likeness (QED) is 0.731. The van der Waals surface area contributed by atoms with E-state index in [-0.39, 0.29) is 0 Å². The zero-order valence-corrected chi connectivity index (χ0v) is 14.5. The van der Waals surface area contributed by atoms with Crippen molar-refractivity contribution < 1.29 is 26.4 Å². The molecule has 0 aliphatic heterocycles. The number of rotatable bonds is 2. The third-order valence-electron chi connectivity index (χ3n) is 2.27. The molecule has 0 fully saturated rings. The van der Waals surface area contributed by atoms with Gasteiger partial charge in [0.05, 0.1) is 0 Å². The fraction of sp³-hybridized carbons (Fsp3) is 0.455. The molecule has 0 heterocycles. The summed E-state index contributed by atoms with van der Waals surface area (Å²) >= 11 is 0.674. The summed E-state index contributed by atoms with van der Waals surface area (Å²) in [6, 6.07) is 6.60. The van der Waals surface area contributed by atoms with Gasteiger partial charge in [-0.15, -0.1) is 0 Å². The molecule has 0 N–H and O–H groups in total. The number of para-hydroxylation sites is 1. The third-order valence-corrected chi connectivity index (χ3v) is 3.50. The van der Waals surface area contributed by atoms with Crippen LogP contribution in [0.15, 0.2) is 18.2 Å². The Morgan fingerprint density at radius 2 is 1.92 bits per heavy atom. The standard InChI is InChI=1S/C11H16N.Hg/c1-8(2)10-7-5-6-9(3)11(10)12-4;/h5-8H,1-4H3;/q-1;+1. The first-order valence-electron chi connectivity index (χ1n) is 4.67. The number of nitrogens with zero attached hydrogens (tertiary/aromatic N) is 1. The molecular formula is C11H16HgN. The van der Waals surface area contributed by atoms with Gasteiger partial charge in [0.1, 0.15) is 0 Å². The van der Waals surface area contributed by atoms with Gasteiger partial charge in [-0.1, -0.05) is 0 Å². The SMILES string of the molecule is Cc1cccc(C(C)C)c1[N](C)[Hg]. The van der Waals surface area contributed by atoms with E-state index in [1.807, 2.05) is 0 Å². The van der Waals surface area contributed by atoms with Crippen LogP contribution in [-0.2, 0) is 26.4 Å². The molecule has 0 radical (unpaired) electrons. The summed E-state index contributed by atoms with van der Waals surface area (Å²) < 4.78 is 2.39. The Balaban J connectivity index is 3.26. The van der Waals surface area contributed by atoms with E-state index in [4.69, 9.17) is 0 Å². The van der Waals surface area contributed by atoms with Gasteiger partial charge < -0.3 is 0 Å². The molecule has 0 bridgehead atoms. The molecule has 0 spiro atoms. The maximum atomic E-state index is 2.39. The number of hydrogen-bond donors (Lipinski definition) is 0. The fourth-order valence-electron chi connectivity index (χ4n) is 1.67. The topological polar surface area (TPSA) is 3.24 Å². The number of benzene rings is 1. The van der Waals surface area contributed by atoms with Crippen LogP contribution in [0.5, 0.6) is 0 Å². The zero-order chi connectivity index (χ0) is 10.0. The Bertz CT molecular complexity index is 292. The van der Waals surface area contributed by atoms with E-state index in [1.165, 1.54) is 16.8 Å². The second kappa shape index (κ2) is 4.45. The summed E-state index contributed by atoms with van der Waals surface area (Å²) in [6.45, 7) is 6.72. The molecule has 0 saturated carbocycles. The van der Waals surface area contributed by atoms with Gasteiger partial charge in [0.2, 0.25) is 0 Å². The monoisotopic (exact) mass is 364 g/mol. The van der Waals surface area contributed by atoms with Crippen LogP contribution in [0.25, 0.3) is 0 Å². The van der Waals surface area contributed by atoms with Crippen molar-refractivity contribution in [1.82, 2.24) is 0 Å². The first kappa shape index (κ1) is 11.0. The number of anilines is 1. The molecule has 0 aliphatic rings. The van der Waals surface area contributed by atoms with Gasteiger partial charge in [0.15, 0.2) is 0 Å². The molecule has 0 aliphatic carbocycles. The van der Waals surface area contributed by atoms with Crippen molar-refractivity contribution in [2.45, 2.75) is 26.7 Å². The Labute approximate surface area is 97.5 Å². The van der Waals surface area contributed by atoms with Crippen molar-refractivity contribution >= 4 is 5.69 Å². The van der Waals surface area contributed by atoms with Crippen molar-refractivity contribution in [3.05, 3.63) is 29.3 Å². The van der Waals surface area contributed by atoms with Crippen LogP contribution < -0.4 is 2.66 Å². The van der Waals surface area contributed by atoms with Gasteiger partial charge in [-0.25, -0.2) is 0 Å². The van der Waals surface area contributed by atoms with E-state index in [0.717, 1.165) is 0 Å². The molecule has 2 heteroatoms. The van der Waals surface area contributed by atoms with E-state index < -0.39 is 0 Å². The van der Waals surface area contributed by atoms with Crippen molar-refractivity contribution in [2.75, 3.05) is 9.71 Å². The van der Waals surface area contributed by atoms with E-state index in [2.05, 4.69) is 48.7 Å². The van der Waals surface area contributed by atoms with E-state index in [1.54, 1.807) is 0 Å². The summed E-state index contributed by atoms with van der Waals surface area (Å²) in [5.41, 5.74) is 4.35. The molecule has 0 aromatic heterocycles. The van der Waals surface area contributed by atoms with Crippen LogP contribution in [0.4, 0.5) is 5.69 Å². The normalized spacial score (nSPS) is 10.7. The Morgan fingerprint density at radius 3 is 2.31 bits per heavy atom. The van der Waals surface area contributed by atoms with Crippen LogP contribution in [0.1, 0.15) is 30.9 Å². The first-order valence-corrected chi connectivity index (χ1v) is 7.13. The predicted molar refractivity (Wildman–Crippen MR) is 53.7 cm³/mol. The predicted octanol–water partition coefficient (Wildman–Crippen LogP) is 3.02. The molecule has 0 atom stereocenters. The molecule has 1 nitrogen and oxygen atoms in total. The second-order valence-electron chi connectivity index (χ2n) is 3.87. The molecule has 67 valence electrons. The van der Waals surface area contributed by atoms with Crippen LogP contribution in [-0.4, -0.2) is 7.05 Å². The Kier molecular flexibility index (Phi) is 3.78. The van der Waals surface area contributed by atoms with Gasteiger partial charge in [-0.05, 0) is 0 Å². The molecule has 1 aromatic rings. The van der Waals surface area contributed by atoms with Crippen LogP contribution >= 0.6 is 0 Å². The fourth-order valence-corrected chi connectivity index (χ4v) is 3.35. The molecule has 1 aromatic carbocycles. The molecule has 1 rings (SSSR count). The first-order chi connectivity index (χ1) is 6.04. The van der Waals surface area contributed by atoms with Crippen molar-refractivity contribution in [2.24, 2.45) is 0 Å². The zero-order valence-electron chi connectivity index (χ0n) is 8.96. The molecular weight excluding hydrogens is 347 g/mol. The Hall–Kier alpha value is -0.0449. The van der Waals surface area contributed by atoms with Crippen molar-refractivity contribution in [1.29, 1.82) is 0 Å². The maximum absolute atomic E-state index is 2.39. The molecule has 0 amide bonds. The molecule has 0 saturated heterocycles. The molecule has 13 heavy (non-hydrogen) atoms. The summed E-state index contributed by atoms with van der Waals surface area (Å²) in [4.78, 5) is 0. The Morgan fingerprint density at radius 1 is 1.31 bits per heavy atom. The summed E-state index contributed by atoms with van der Waals surface area (Å²) in [5.74, 6) is 0.626. The van der Waals surface area contributed by atoms with Gasteiger partial charge in [-0.3, -0.25) is 0 Å². The summed E-state index contributed by atoms with van der Waals surface area (Å²) in [6.07, 6.45) is 0. The van der Waals surface area contributed by atoms with Crippen molar-refractivity contribution in [3.8, 4) is 0 Å². The second-order valence-corrected chi connectivity index (χ2v) is 7.55. The van der Waals surface area contributed by atoms with Gasteiger partial charge in [0, 0.05) is 0 Å². The van der Waals surface area contributed by atoms with Crippen LogP contribution in [0.2, 0.25) is 0 Å². The van der Waals surface area contributed by atoms with E-state index in [0.29, 0.717) is 32.3 Å². The van der Waals surface area contributed by atoms with Crippen LogP contribution in [0.3, 0.4) is 0 Å².